The molecule has 7 heteroatoms. The molecule has 2 aromatic carbocycles. The Morgan fingerprint density at radius 2 is 1.87 bits per heavy atom. The second-order valence-corrected chi connectivity index (χ2v) is 5.84. The van der Waals surface area contributed by atoms with E-state index in [0.29, 0.717) is 28.7 Å². The van der Waals surface area contributed by atoms with E-state index in [4.69, 9.17) is 9.47 Å². The van der Waals surface area contributed by atoms with Crippen molar-refractivity contribution >= 4 is 22.5 Å². The summed E-state index contributed by atoms with van der Waals surface area (Å²) < 4.78 is 10.6. The molecular formula is C16H14N2O4S. The van der Waals surface area contributed by atoms with E-state index in [1.54, 1.807) is 32.4 Å². The number of ether oxygens (including phenoxy) is 2. The fourth-order valence-electron chi connectivity index (χ4n) is 2.37. The van der Waals surface area contributed by atoms with Gasteiger partial charge in [-0.2, -0.15) is 0 Å². The van der Waals surface area contributed by atoms with E-state index < -0.39 is 0 Å². The van der Waals surface area contributed by atoms with Crippen LogP contribution in [0.1, 0.15) is 11.1 Å². The van der Waals surface area contributed by atoms with Crippen LogP contribution in [0.15, 0.2) is 46.3 Å². The van der Waals surface area contributed by atoms with E-state index in [2.05, 4.69) is 4.99 Å². The molecule has 0 bridgehead atoms. The van der Waals surface area contributed by atoms with Gasteiger partial charge in [0.05, 0.1) is 31.3 Å². The summed E-state index contributed by atoms with van der Waals surface area (Å²) in [7, 11) is 3.16. The Labute approximate surface area is 137 Å². The van der Waals surface area contributed by atoms with Gasteiger partial charge in [0, 0.05) is 11.0 Å². The fraction of sp³-hybridized carbons (Fsp3) is 0.188. The number of hydrogen-bond acceptors (Lipinski definition) is 6. The summed E-state index contributed by atoms with van der Waals surface area (Å²) in [6.45, 7) is 0.448. The Kier molecular flexibility index (Phi) is 4.20. The van der Waals surface area contributed by atoms with Crippen LogP contribution < -0.4 is 9.47 Å². The Balaban J connectivity index is 2.00. The highest BCUT2D eigenvalue weighted by Crippen LogP contribution is 2.40. The second-order valence-electron chi connectivity index (χ2n) is 4.81. The van der Waals surface area contributed by atoms with Crippen LogP contribution in [0.25, 0.3) is 0 Å². The van der Waals surface area contributed by atoms with Gasteiger partial charge in [0.1, 0.15) is 5.04 Å². The van der Waals surface area contributed by atoms with Gasteiger partial charge in [-0.15, -0.1) is 0 Å². The maximum absolute atomic E-state index is 11.2. The lowest BCUT2D eigenvalue weighted by Gasteiger charge is -2.18. The lowest BCUT2D eigenvalue weighted by atomic mass is 10.1. The first-order chi connectivity index (χ1) is 11.1. The average molecular weight is 330 g/mol. The summed E-state index contributed by atoms with van der Waals surface area (Å²) in [6, 6.07) is 10.4. The van der Waals surface area contributed by atoms with Crippen molar-refractivity contribution < 1.29 is 14.4 Å². The lowest BCUT2D eigenvalue weighted by molar-refractivity contribution is -0.385. The molecule has 0 saturated carbocycles. The predicted octanol–water partition coefficient (Wildman–Crippen LogP) is 3.66. The number of thioether (sulfide) groups is 1. The molecule has 0 radical (unpaired) electrons. The zero-order valence-corrected chi connectivity index (χ0v) is 13.4. The monoisotopic (exact) mass is 330 g/mol. The van der Waals surface area contributed by atoms with Crippen LogP contribution in [-0.4, -0.2) is 24.2 Å². The van der Waals surface area contributed by atoms with Crippen molar-refractivity contribution in [3.8, 4) is 11.5 Å². The van der Waals surface area contributed by atoms with Crippen LogP contribution in [0.5, 0.6) is 11.5 Å². The first kappa shape index (κ1) is 15.4. The highest BCUT2D eigenvalue weighted by atomic mass is 32.2. The summed E-state index contributed by atoms with van der Waals surface area (Å²) in [4.78, 5) is 16.3. The van der Waals surface area contributed by atoms with Crippen LogP contribution >= 0.6 is 11.8 Å². The van der Waals surface area contributed by atoms with Gasteiger partial charge in [-0.3, -0.25) is 15.1 Å². The van der Waals surface area contributed by atoms with Crippen molar-refractivity contribution in [1.29, 1.82) is 0 Å². The van der Waals surface area contributed by atoms with Crippen LogP contribution in [0.4, 0.5) is 5.69 Å². The normalized spacial score (nSPS) is 13.0. The van der Waals surface area contributed by atoms with Gasteiger partial charge < -0.3 is 9.47 Å². The number of fused-ring (bicyclic) bond motifs is 1. The van der Waals surface area contributed by atoms with E-state index in [0.717, 1.165) is 10.5 Å². The first-order valence-electron chi connectivity index (χ1n) is 6.85. The minimum atomic E-state index is -0.386. The largest absolute Gasteiger partial charge is 0.493 e. The standard InChI is InChI=1S/C16H14N2O4S/c1-21-13-7-10-9-17-16(23-15(10)8-14(13)22-2)11-5-3-4-6-12(11)18(19)20/h3-8H,9H2,1-2H3. The molecule has 0 aromatic heterocycles. The van der Waals surface area contributed by atoms with Crippen molar-refractivity contribution in [3.63, 3.8) is 0 Å². The van der Waals surface area contributed by atoms with Crippen LogP contribution in [0.2, 0.25) is 0 Å². The molecule has 118 valence electrons. The number of nitro benzene ring substituents is 1. The molecule has 6 nitrogen and oxygen atoms in total. The van der Waals surface area contributed by atoms with Crippen molar-refractivity contribution in [2.45, 2.75) is 11.4 Å². The summed E-state index contributed by atoms with van der Waals surface area (Å²) in [5.41, 5.74) is 1.60. The molecule has 3 rings (SSSR count). The van der Waals surface area contributed by atoms with Crippen molar-refractivity contribution in [2.75, 3.05) is 14.2 Å². The average Bonchev–Trinajstić information content (AvgIpc) is 2.59. The predicted molar refractivity (Wildman–Crippen MR) is 88.7 cm³/mol. The number of nitrogens with zero attached hydrogens (tertiary/aromatic N) is 2. The highest BCUT2D eigenvalue weighted by molar-refractivity contribution is 8.14. The minimum Gasteiger partial charge on any atom is -0.493 e. The molecule has 0 spiro atoms. The molecule has 0 fully saturated rings. The van der Waals surface area contributed by atoms with Gasteiger partial charge in [0.25, 0.3) is 5.69 Å². The van der Waals surface area contributed by atoms with Crippen molar-refractivity contribution in [2.24, 2.45) is 4.99 Å². The topological polar surface area (TPSA) is 74.0 Å². The number of methoxy groups -OCH3 is 2. The lowest BCUT2D eigenvalue weighted by Crippen LogP contribution is -2.07. The maximum atomic E-state index is 11.2. The molecule has 1 aliphatic heterocycles. The molecule has 0 saturated heterocycles. The molecule has 0 aliphatic carbocycles. The fourth-order valence-corrected chi connectivity index (χ4v) is 3.41. The van der Waals surface area contributed by atoms with Gasteiger partial charge in [-0.1, -0.05) is 23.9 Å². The molecule has 1 aliphatic rings. The Bertz CT molecular complexity index is 805. The SMILES string of the molecule is COc1cc2c(cc1OC)SC(c1ccccc1[N+](=O)[O-])=NC2. The van der Waals surface area contributed by atoms with Gasteiger partial charge in [0.15, 0.2) is 11.5 Å². The van der Waals surface area contributed by atoms with Crippen LogP contribution in [0, 0.1) is 10.1 Å². The van der Waals surface area contributed by atoms with E-state index in [-0.39, 0.29) is 10.6 Å². The van der Waals surface area contributed by atoms with E-state index >= 15 is 0 Å². The third-order valence-electron chi connectivity index (χ3n) is 3.50. The first-order valence-corrected chi connectivity index (χ1v) is 7.66. The number of rotatable bonds is 4. The number of nitro groups is 1. The van der Waals surface area contributed by atoms with E-state index in [1.165, 1.54) is 17.8 Å². The summed E-state index contributed by atoms with van der Waals surface area (Å²) >= 11 is 1.40. The van der Waals surface area contributed by atoms with Crippen molar-refractivity contribution in [1.82, 2.24) is 0 Å². The van der Waals surface area contributed by atoms with E-state index in [9.17, 15) is 10.1 Å². The zero-order chi connectivity index (χ0) is 16.4. The van der Waals surface area contributed by atoms with Crippen LogP contribution in [-0.2, 0) is 6.54 Å². The van der Waals surface area contributed by atoms with Gasteiger partial charge in [0.2, 0.25) is 0 Å². The molecule has 0 atom stereocenters. The third kappa shape index (κ3) is 2.87. The summed E-state index contributed by atoms with van der Waals surface area (Å²) in [5, 5.41) is 11.8. The molecule has 0 amide bonds. The molecule has 2 aromatic rings. The third-order valence-corrected chi connectivity index (χ3v) is 4.64. The van der Waals surface area contributed by atoms with Crippen LogP contribution in [0.3, 0.4) is 0 Å². The zero-order valence-electron chi connectivity index (χ0n) is 12.6. The van der Waals surface area contributed by atoms with Gasteiger partial charge >= 0.3 is 0 Å². The number of benzene rings is 2. The van der Waals surface area contributed by atoms with Gasteiger partial charge in [-0.25, -0.2) is 0 Å². The molecule has 0 unspecified atom stereocenters. The smallest absolute Gasteiger partial charge is 0.279 e. The number of aliphatic imine (C=N–C) groups is 1. The Morgan fingerprint density at radius 1 is 1.17 bits per heavy atom. The van der Waals surface area contributed by atoms with E-state index in [1.807, 2.05) is 12.1 Å². The minimum absolute atomic E-state index is 0.0580. The number of hydrogen-bond donors (Lipinski definition) is 0. The maximum Gasteiger partial charge on any atom is 0.279 e. The van der Waals surface area contributed by atoms with Gasteiger partial charge in [-0.05, 0) is 23.8 Å². The summed E-state index contributed by atoms with van der Waals surface area (Å²) in [5.74, 6) is 1.28. The quantitative estimate of drug-likeness (QED) is 0.632. The Morgan fingerprint density at radius 3 is 2.57 bits per heavy atom. The number of para-hydroxylation sites is 1. The molecule has 23 heavy (non-hydrogen) atoms. The molecule has 0 N–H and O–H groups in total. The molecular weight excluding hydrogens is 316 g/mol. The van der Waals surface area contributed by atoms with Crippen molar-refractivity contribution in [3.05, 3.63) is 57.6 Å². The summed E-state index contributed by atoms with van der Waals surface area (Å²) in [6.07, 6.45) is 0. The second kappa shape index (κ2) is 6.29. The highest BCUT2D eigenvalue weighted by Gasteiger charge is 2.23. The molecule has 1 heterocycles. The Hall–Kier alpha value is -2.54.